The molecule has 7 heteroatoms. The van der Waals surface area contributed by atoms with Crippen LogP contribution in [0.4, 0.5) is 0 Å². The van der Waals surface area contributed by atoms with Crippen molar-refractivity contribution >= 4 is 17.5 Å². The smallest absolute Gasteiger partial charge is 0.214 e. The Morgan fingerprint density at radius 2 is 1.92 bits per heavy atom. The van der Waals surface area contributed by atoms with E-state index >= 15 is 0 Å². The lowest BCUT2D eigenvalue weighted by molar-refractivity contribution is 0.102. The van der Waals surface area contributed by atoms with E-state index in [2.05, 4.69) is 27.0 Å². The monoisotopic (exact) mass is 367 g/mol. The molecule has 0 unspecified atom stereocenters. The van der Waals surface area contributed by atoms with E-state index < -0.39 is 0 Å². The summed E-state index contributed by atoms with van der Waals surface area (Å²) in [4.78, 5) is 12.7. The summed E-state index contributed by atoms with van der Waals surface area (Å²) in [7, 11) is 0. The zero-order valence-electron chi connectivity index (χ0n) is 15.1. The van der Waals surface area contributed by atoms with Crippen LogP contribution < -0.4 is 0 Å². The molecule has 1 fully saturated rings. The average Bonchev–Trinajstić information content (AvgIpc) is 3.26. The second kappa shape index (κ2) is 6.72. The fourth-order valence-corrected chi connectivity index (χ4v) is 4.05. The largest absolute Gasteiger partial charge is 0.345 e. The standard InChI is InChI=1S/C19H21N5OS/c1-12-4-6-16(7-5-12)24-19(20-21-22-24)26-11-18(25)17-10-13(2)23(14(17)3)15-8-9-15/h4-7,10,15H,8-9,11H2,1-3H3. The third kappa shape index (κ3) is 3.19. The van der Waals surface area contributed by atoms with Crippen molar-refractivity contribution in [3.05, 3.63) is 52.8 Å². The fourth-order valence-electron chi connectivity index (χ4n) is 3.28. The molecule has 1 aliphatic carbocycles. The highest BCUT2D eigenvalue weighted by atomic mass is 32.2. The average molecular weight is 367 g/mol. The van der Waals surface area contributed by atoms with E-state index in [0.717, 1.165) is 16.9 Å². The Labute approximate surface area is 156 Å². The quantitative estimate of drug-likeness (QED) is 0.491. The molecule has 6 nitrogen and oxygen atoms in total. The zero-order valence-corrected chi connectivity index (χ0v) is 16.0. The number of aromatic nitrogens is 5. The lowest BCUT2D eigenvalue weighted by atomic mass is 10.2. The van der Waals surface area contributed by atoms with Gasteiger partial charge in [0.05, 0.1) is 11.4 Å². The summed E-state index contributed by atoms with van der Waals surface area (Å²) in [5.41, 5.74) is 5.13. The minimum Gasteiger partial charge on any atom is -0.345 e. The molecule has 0 amide bonds. The SMILES string of the molecule is Cc1ccc(-n2nnnc2SCC(=O)c2cc(C)n(C3CC3)c2C)cc1. The maximum atomic E-state index is 12.7. The van der Waals surface area contributed by atoms with Crippen molar-refractivity contribution in [1.29, 1.82) is 0 Å². The number of aryl methyl sites for hydroxylation is 2. The first-order valence-corrected chi connectivity index (χ1v) is 9.73. The summed E-state index contributed by atoms with van der Waals surface area (Å²) in [6, 6.07) is 10.6. The van der Waals surface area contributed by atoms with Gasteiger partial charge in [0.2, 0.25) is 5.16 Å². The maximum Gasteiger partial charge on any atom is 0.214 e. The van der Waals surface area contributed by atoms with Crippen molar-refractivity contribution < 1.29 is 4.79 Å². The van der Waals surface area contributed by atoms with Gasteiger partial charge in [0, 0.05) is 23.0 Å². The molecular weight excluding hydrogens is 346 g/mol. The number of tetrazole rings is 1. The van der Waals surface area contributed by atoms with Crippen LogP contribution in [0.15, 0.2) is 35.5 Å². The van der Waals surface area contributed by atoms with Gasteiger partial charge in [0.1, 0.15) is 0 Å². The summed E-state index contributed by atoms with van der Waals surface area (Å²) >= 11 is 1.37. The molecule has 3 aromatic rings. The molecule has 0 saturated heterocycles. The van der Waals surface area contributed by atoms with E-state index in [0.29, 0.717) is 17.0 Å². The van der Waals surface area contributed by atoms with Crippen molar-refractivity contribution in [3.8, 4) is 5.69 Å². The first-order chi connectivity index (χ1) is 12.5. The summed E-state index contributed by atoms with van der Waals surface area (Å²) < 4.78 is 3.97. The van der Waals surface area contributed by atoms with E-state index in [1.54, 1.807) is 4.68 Å². The molecule has 2 heterocycles. The summed E-state index contributed by atoms with van der Waals surface area (Å²) in [5, 5.41) is 12.5. The van der Waals surface area contributed by atoms with E-state index in [-0.39, 0.29) is 5.78 Å². The number of carbonyl (C=O) groups excluding carboxylic acids is 1. The number of hydrogen-bond acceptors (Lipinski definition) is 5. The van der Waals surface area contributed by atoms with Gasteiger partial charge in [-0.25, -0.2) is 0 Å². The Kier molecular flexibility index (Phi) is 4.40. The van der Waals surface area contributed by atoms with Crippen LogP contribution >= 0.6 is 11.8 Å². The Hall–Kier alpha value is -2.41. The van der Waals surface area contributed by atoms with Gasteiger partial charge < -0.3 is 4.57 Å². The molecule has 1 aliphatic rings. The predicted octanol–water partition coefficient (Wildman–Crippen LogP) is 3.70. The molecule has 2 aromatic heterocycles. The number of rotatable bonds is 6. The van der Waals surface area contributed by atoms with E-state index in [1.807, 2.05) is 44.2 Å². The number of carbonyl (C=O) groups is 1. The Balaban J connectivity index is 1.50. The van der Waals surface area contributed by atoms with Crippen LogP contribution in [0.2, 0.25) is 0 Å². The Bertz CT molecular complexity index is 953. The van der Waals surface area contributed by atoms with Gasteiger partial charge in [0.25, 0.3) is 0 Å². The van der Waals surface area contributed by atoms with Gasteiger partial charge in [-0.1, -0.05) is 29.5 Å². The molecule has 0 radical (unpaired) electrons. The summed E-state index contributed by atoms with van der Waals surface area (Å²) in [6.45, 7) is 6.16. The van der Waals surface area contributed by atoms with E-state index in [9.17, 15) is 4.79 Å². The zero-order chi connectivity index (χ0) is 18.3. The number of ketones is 1. The van der Waals surface area contributed by atoms with Crippen LogP contribution in [-0.2, 0) is 0 Å². The van der Waals surface area contributed by atoms with Crippen molar-refractivity contribution in [1.82, 2.24) is 24.8 Å². The Morgan fingerprint density at radius 3 is 2.62 bits per heavy atom. The molecule has 26 heavy (non-hydrogen) atoms. The summed E-state index contributed by atoms with van der Waals surface area (Å²) in [6.07, 6.45) is 2.42. The lowest BCUT2D eigenvalue weighted by Gasteiger charge is -2.07. The van der Waals surface area contributed by atoms with Gasteiger partial charge in [0.15, 0.2) is 5.78 Å². The van der Waals surface area contributed by atoms with Crippen molar-refractivity contribution in [2.24, 2.45) is 0 Å². The second-order valence-electron chi connectivity index (χ2n) is 6.81. The minimum absolute atomic E-state index is 0.119. The van der Waals surface area contributed by atoms with E-state index in [4.69, 9.17) is 0 Å². The van der Waals surface area contributed by atoms with Crippen LogP contribution in [0.25, 0.3) is 5.69 Å². The number of benzene rings is 1. The third-order valence-corrected chi connectivity index (χ3v) is 5.67. The minimum atomic E-state index is 0.119. The highest BCUT2D eigenvalue weighted by molar-refractivity contribution is 7.99. The van der Waals surface area contributed by atoms with Gasteiger partial charge in [-0.3, -0.25) is 4.79 Å². The number of hydrogen-bond donors (Lipinski definition) is 0. The van der Waals surface area contributed by atoms with E-state index in [1.165, 1.54) is 35.9 Å². The van der Waals surface area contributed by atoms with Gasteiger partial charge in [-0.05, 0) is 62.2 Å². The molecule has 0 bridgehead atoms. The van der Waals surface area contributed by atoms with Crippen molar-refractivity contribution in [3.63, 3.8) is 0 Å². The first kappa shape index (κ1) is 17.0. The number of Topliss-reactive ketones (excluding diaryl/α,β-unsaturated/α-hetero) is 1. The van der Waals surface area contributed by atoms with Crippen LogP contribution in [-0.4, -0.2) is 36.3 Å². The summed E-state index contributed by atoms with van der Waals surface area (Å²) in [5.74, 6) is 0.440. The third-order valence-electron chi connectivity index (χ3n) is 4.75. The molecule has 0 atom stereocenters. The molecular formula is C19H21N5OS. The normalized spacial score (nSPS) is 14.0. The van der Waals surface area contributed by atoms with Gasteiger partial charge in [-0.2, -0.15) is 4.68 Å². The van der Waals surface area contributed by atoms with Crippen LogP contribution in [0.1, 0.15) is 46.2 Å². The van der Waals surface area contributed by atoms with Crippen LogP contribution in [0.3, 0.4) is 0 Å². The number of nitrogens with zero attached hydrogens (tertiary/aromatic N) is 5. The molecule has 134 valence electrons. The second-order valence-corrected chi connectivity index (χ2v) is 7.75. The molecule has 1 aromatic carbocycles. The topological polar surface area (TPSA) is 65.6 Å². The first-order valence-electron chi connectivity index (χ1n) is 8.74. The van der Waals surface area contributed by atoms with Crippen molar-refractivity contribution in [2.75, 3.05) is 5.75 Å². The molecule has 0 spiro atoms. The maximum absolute atomic E-state index is 12.7. The lowest BCUT2D eigenvalue weighted by Crippen LogP contribution is -2.07. The Morgan fingerprint density at radius 1 is 1.19 bits per heavy atom. The van der Waals surface area contributed by atoms with Gasteiger partial charge in [-0.15, -0.1) is 5.10 Å². The van der Waals surface area contributed by atoms with Crippen molar-refractivity contribution in [2.45, 2.75) is 44.8 Å². The van der Waals surface area contributed by atoms with Gasteiger partial charge >= 0.3 is 0 Å². The molecule has 1 saturated carbocycles. The molecule has 4 rings (SSSR count). The highest BCUT2D eigenvalue weighted by Crippen LogP contribution is 2.38. The fraction of sp³-hybridized carbons (Fsp3) is 0.368. The number of thioether (sulfide) groups is 1. The highest BCUT2D eigenvalue weighted by Gasteiger charge is 2.28. The molecule has 0 N–H and O–H groups in total. The van der Waals surface area contributed by atoms with Crippen LogP contribution in [0, 0.1) is 20.8 Å². The van der Waals surface area contributed by atoms with Crippen LogP contribution in [0.5, 0.6) is 0 Å². The predicted molar refractivity (Wildman–Crippen MR) is 101 cm³/mol. The molecule has 0 aliphatic heterocycles.